The first-order chi connectivity index (χ1) is 13.6. The van der Waals surface area contributed by atoms with E-state index in [-0.39, 0.29) is 23.2 Å². The van der Waals surface area contributed by atoms with E-state index in [0.717, 1.165) is 18.4 Å². The molecular weight excluding hydrogens is 358 g/mol. The lowest BCUT2D eigenvalue weighted by Crippen LogP contribution is -2.32. The van der Waals surface area contributed by atoms with E-state index in [2.05, 4.69) is 10.2 Å². The highest BCUT2D eigenvalue weighted by Gasteiger charge is 2.32. The second kappa shape index (κ2) is 7.34. The summed E-state index contributed by atoms with van der Waals surface area (Å²) in [6.45, 7) is 0.632. The maximum Gasteiger partial charge on any atom is 0.275 e. The second-order valence-corrected chi connectivity index (χ2v) is 6.72. The number of nitrogens with zero attached hydrogens (tertiary/aromatic N) is 2. The van der Waals surface area contributed by atoms with E-state index in [1.165, 1.54) is 0 Å². The van der Waals surface area contributed by atoms with Gasteiger partial charge < -0.3 is 14.4 Å². The van der Waals surface area contributed by atoms with Gasteiger partial charge in [0, 0.05) is 11.9 Å². The van der Waals surface area contributed by atoms with E-state index >= 15 is 0 Å². The van der Waals surface area contributed by atoms with E-state index in [4.69, 9.17) is 9.47 Å². The molecule has 7 nitrogen and oxygen atoms in total. The van der Waals surface area contributed by atoms with Gasteiger partial charge in [0.05, 0.1) is 25.6 Å². The van der Waals surface area contributed by atoms with Crippen molar-refractivity contribution in [1.82, 2.24) is 15.1 Å². The van der Waals surface area contributed by atoms with Crippen LogP contribution in [0.4, 0.5) is 0 Å². The number of methoxy groups -OCH3 is 2. The number of fused-ring (bicyclic) bond motifs is 1. The summed E-state index contributed by atoms with van der Waals surface area (Å²) in [5.74, 6) is 1.09. The molecule has 1 aliphatic heterocycles. The van der Waals surface area contributed by atoms with Crippen molar-refractivity contribution in [2.45, 2.75) is 18.9 Å². The molecule has 4 rings (SSSR count). The van der Waals surface area contributed by atoms with Crippen LogP contribution in [0.2, 0.25) is 0 Å². The van der Waals surface area contributed by atoms with Crippen molar-refractivity contribution in [2.24, 2.45) is 0 Å². The van der Waals surface area contributed by atoms with E-state index in [1.807, 2.05) is 23.1 Å². The third-order valence-corrected chi connectivity index (χ3v) is 5.20. The highest BCUT2D eigenvalue weighted by atomic mass is 16.5. The molecule has 144 valence electrons. The largest absolute Gasteiger partial charge is 0.493 e. The topological polar surface area (TPSA) is 84.5 Å². The highest BCUT2D eigenvalue weighted by molar-refractivity contribution is 6.04. The van der Waals surface area contributed by atoms with Gasteiger partial charge in [-0.25, -0.2) is 5.10 Å². The van der Waals surface area contributed by atoms with Gasteiger partial charge in [-0.15, -0.1) is 0 Å². The smallest absolute Gasteiger partial charge is 0.275 e. The number of carbonyl (C=O) groups excluding carboxylic acids is 1. The molecule has 1 N–H and O–H groups in total. The molecule has 2 heterocycles. The van der Waals surface area contributed by atoms with Gasteiger partial charge >= 0.3 is 0 Å². The first-order valence-electron chi connectivity index (χ1n) is 9.14. The van der Waals surface area contributed by atoms with Crippen LogP contribution in [-0.2, 0) is 0 Å². The van der Waals surface area contributed by atoms with Crippen molar-refractivity contribution in [3.63, 3.8) is 0 Å². The van der Waals surface area contributed by atoms with Gasteiger partial charge in [-0.2, -0.15) is 5.10 Å². The number of benzene rings is 2. The molecule has 28 heavy (non-hydrogen) atoms. The van der Waals surface area contributed by atoms with Crippen LogP contribution in [0, 0.1) is 0 Å². The lowest BCUT2D eigenvalue weighted by atomic mass is 10.0. The quantitative estimate of drug-likeness (QED) is 0.753. The van der Waals surface area contributed by atoms with Crippen molar-refractivity contribution < 1.29 is 14.3 Å². The van der Waals surface area contributed by atoms with Gasteiger partial charge in [0.15, 0.2) is 17.2 Å². The highest BCUT2D eigenvalue weighted by Crippen LogP contribution is 2.37. The minimum absolute atomic E-state index is 0.0835. The van der Waals surface area contributed by atoms with Gasteiger partial charge in [-0.1, -0.05) is 24.3 Å². The van der Waals surface area contributed by atoms with Gasteiger partial charge in [-0.05, 0) is 36.6 Å². The van der Waals surface area contributed by atoms with E-state index in [0.29, 0.717) is 28.8 Å². The zero-order valence-corrected chi connectivity index (χ0v) is 15.8. The fraction of sp³-hybridized carbons (Fsp3) is 0.286. The zero-order valence-electron chi connectivity index (χ0n) is 15.8. The Morgan fingerprint density at radius 2 is 1.86 bits per heavy atom. The predicted octanol–water partition coefficient (Wildman–Crippen LogP) is 2.92. The van der Waals surface area contributed by atoms with Crippen LogP contribution < -0.4 is 15.0 Å². The molecule has 1 saturated heterocycles. The Bertz CT molecular complexity index is 1090. The van der Waals surface area contributed by atoms with Crippen LogP contribution in [-0.4, -0.2) is 41.8 Å². The number of likely N-dealkylation sites (tertiary alicyclic amines) is 1. The third kappa shape index (κ3) is 2.98. The summed E-state index contributed by atoms with van der Waals surface area (Å²) in [4.78, 5) is 27.2. The molecule has 1 amide bonds. The van der Waals surface area contributed by atoms with Crippen molar-refractivity contribution in [2.75, 3.05) is 20.8 Å². The van der Waals surface area contributed by atoms with Crippen LogP contribution in [0.5, 0.6) is 11.5 Å². The summed E-state index contributed by atoms with van der Waals surface area (Å²) in [6, 6.07) is 12.7. The van der Waals surface area contributed by atoms with Gasteiger partial charge in [0.2, 0.25) is 0 Å². The molecule has 1 fully saturated rings. The molecule has 0 bridgehead atoms. The minimum Gasteiger partial charge on any atom is -0.493 e. The molecular formula is C21H21N3O4. The summed E-state index contributed by atoms with van der Waals surface area (Å²) < 4.78 is 10.7. The molecule has 1 atom stereocenters. The third-order valence-electron chi connectivity index (χ3n) is 5.20. The molecule has 2 aromatic carbocycles. The second-order valence-electron chi connectivity index (χ2n) is 6.72. The molecule has 3 aromatic rings. The molecule has 0 radical (unpaired) electrons. The number of amides is 1. The molecule has 0 aliphatic carbocycles. The molecule has 1 unspecified atom stereocenters. The lowest BCUT2D eigenvalue weighted by Gasteiger charge is -2.25. The Kier molecular flexibility index (Phi) is 4.73. The fourth-order valence-corrected chi connectivity index (χ4v) is 3.83. The Balaban J connectivity index is 1.72. The molecule has 0 spiro atoms. The molecule has 0 saturated carbocycles. The first-order valence-corrected chi connectivity index (χ1v) is 9.14. The SMILES string of the molecule is COc1ccc(C2CCCN2C(=O)c2n[nH]c(=O)c3ccccc23)cc1OC. The number of hydrogen-bond acceptors (Lipinski definition) is 5. The van der Waals surface area contributed by atoms with E-state index in [9.17, 15) is 9.59 Å². The first kappa shape index (κ1) is 18.0. The van der Waals surface area contributed by atoms with Crippen LogP contribution in [0.25, 0.3) is 10.8 Å². The van der Waals surface area contributed by atoms with Gasteiger partial charge in [0.1, 0.15) is 0 Å². The molecule has 1 aliphatic rings. The number of rotatable bonds is 4. The summed E-state index contributed by atoms with van der Waals surface area (Å²) in [6.07, 6.45) is 1.74. The minimum atomic E-state index is -0.301. The number of aromatic amines is 1. The lowest BCUT2D eigenvalue weighted by molar-refractivity contribution is 0.0730. The van der Waals surface area contributed by atoms with Crippen molar-refractivity contribution in [3.8, 4) is 11.5 Å². The standard InChI is InChI=1S/C21H21N3O4/c1-27-17-10-9-13(12-18(17)28-2)16-8-5-11-24(16)21(26)19-14-6-3-4-7-15(14)20(25)23-22-19/h3-4,6-7,9-10,12,16H,5,8,11H2,1-2H3,(H,23,25). The average Bonchev–Trinajstić information content (AvgIpc) is 3.23. The maximum atomic E-state index is 13.3. The maximum absolute atomic E-state index is 13.3. The van der Waals surface area contributed by atoms with Crippen LogP contribution >= 0.6 is 0 Å². The van der Waals surface area contributed by atoms with Gasteiger partial charge in [0.25, 0.3) is 11.5 Å². The van der Waals surface area contributed by atoms with E-state index < -0.39 is 0 Å². The Hall–Kier alpha value is -3.35. The Morgan fingerprint density at radius 1 is 1.11 bits per heavy atom. The number of carbonyl (C=O) groups is 1. The zero-order chi connectivity index (χ0) is 19.7. The monoisotopic (exact) mass is 379 g/mol. The number of ether oxygens (including phenoxy) is 2. The Labute approximate surface area is 161 Å². The molecule has 7 heteroatoms. The van der Waals surface area contributed by atoms with Crippen molar-refractivity contribution in [1.29, 1.82) is 0 Å². The Morgan fingerprint density at radius 3 is 2.61 bits per heavy atom. The van der Waals surface area contributed by atoms with Crippen molar-refractivity contribution in [3.05, 3.63) is 64.1 Å². The van der Waals surface area contributed by atoms with Crippen LogP contribution in [0.15, 0.2) is 47.3 Å². The summed E-state index contributed by atoms with van der Waals surface area (Å²) in [5.41, 5.74) is 0.949. The van der Waals surface area contributed by atoms with E-state index in [1.54, 1.807) is 38.5 Å². The molecule has 1 aromatic heterocycles. The normalized spacial score (nSPS) is 16.4. The predicted molar refractivity (Wildman–Crippen MR) is 105 cm³/mol. The number of aromatic nitrogens is 2. The number of H-pyrrole nitrogens is 1. The van der Waals surface area contributed by atoms with Crippen LogP contribution in [0.1, 0.15) is 34.9 Å². The number of nitrogens with one attached hydrogen (secondary N) is 1. The number of hydrogen-bond donors (Lipinski definition) is 1. The van der Waals surface area contributed by atoms with Crippen LogP contribution in [0.3, 0.4) is 0 Å². The fourth-order valence-electron chi connectivity index (χ4n) is 3.83. The summed E-state index contributed by atoms with van der Waals surface area (Å²) >= 11 is 0. The average molecular weight is 379 g/mol. The summed E-state index contributed by atoms with van der Waals surface area (Å²) in [7, 11) is 3.19. The summed E-state index contributed by atoms with van der Waals surface area (Å²) in [5, 5.41) is 7.54. The van der Waals surface area contributed by atoms with Gasteiger partial charge in [-0.3, -0.25) is 9.59 Å². The van der Waals surface area contributed by atoms with Crippen molar-refractivity contribution >= 4 is 16.7 Å².